The summed E-state index contributed by atoms with van der Waals surface area (Å²) in [6, 6.07) is 38.4. The summed E-state index contributed by atoms with van der Waals surface area (Å²) in [4.78, 5) is 73.8. The number of carbonyl (C=O) groups is 6. The van der Waals surface area contributed by atoms with Gasteiger partial charge in [-0.25, -0.2) is 14.4 Å². The number of rotatable bonds is 27. The van der Waals surface area contributed by atoms with Crippen LogP contribution in [0, 0.1) is 13.8 Å². The fourth-order valence-electron chi connectivity index (χ4n) is 7.55. The summed E-state index contributed by atoms with van der Waals surface area (Å²) in [6.07, 6.45) is 3.33. The zero-order valence-electron chi connectivity index (χ0n) is 42.5. The van der Waals surface area contributed by atoms with E-state index in [2.05, 4.69) is 19.1 Å². The third-order valence-corrected chi connectivity index (χ3v) is 11.9. The molecule has 14 nitrogen and oxygen atoms in total. The van der Waals surface area contributed by atoms with Crippen molar-refractivity contribution in [3.8, 4) is 34.5 Å². The van der Waals surface area contributed by atoms with E-state index in [1.165, 1.54) is 6.92 Å². The second-order valence-corrected chi connectivity index (χ2v) is 17.6. The molecule has 0 heterocycles. The molecule has 0 spiro atoms. The minimum absolute atomic E-state index is 0.0306. The Hall–Kier alpha value is -8.26. The molecule has 0 bridgehead atoms. The van der Waals surface area contributed by atoms with Crippen molar-refractivity contribution in [1.82, 2.24) is 0 Å². The minimum Gasteiger partial charge on any atom is -0.496 e. The Morgan fingerprint density at radius 3 is 1.14 bits per heavy atom. The van der Waals surface area contributed by atoms with Gasteiger partial charge in [-0.3, -0.25) is 14.4 Å². The molecule has 0 aliphatic carbocycles. The molecule has 6 aromatic carbocycles. The summed E-state index contributed by atoms with van der Waals surface area (Å²) in [7, 11) is 1.66. The van der Waals surface area contributed by atoms with Gasteiger partial charge in [-0.2, -0.15) is 0 Å². The van der Waals surface area contributed by atoms with Crippen LogP contribution in [0.5, 0.6) is 34.5 Å². The SMILES string of the molecule is COc1ccc(C(C)c2ccc(OC(=O)c3ccc(Oc4ccc(C(=O)OCCCCOC(=O)CCCCC(=O)OCCCCOC(=O)c5ccc(Oc6ccc(C(C)=O)cc6)cc5)cc4)cc3)c(C)c2)cc1C. The number of ketones is 1. The number of hydrogen-bond acceptors (Lipinski definition) is 14. The molecule has 386 valence electrons. The van der Waals surface area contributed by atoms with Crippen LogP contribution in [0.25, 0.3) is 0 Å². The van der Waals surface area contributed by atoms with E-state index in [1.807, 2.05) is 38.1 Å². The van der Waals surface area contributed by atoms with E-state index in [-0.39, 0.29) is 62.9 Å². The van der Waals surface area contributed by atoms with E-state index < -0.39 is 17.9 Å². The maximum atomic E-state index is 13.0. The summed E-state index contributed by atoms with van der Waals surface area (Å²) in [5, 5.41) is 0. The number of ether oxygens (including phenoxy) is 8. The van der Waals surface area contributed by atoms with Crippen LogP contribution in [-0.2, 0) is 28.5 Å². The highest BCUT2D eigenvalue weighted by molar-refractivity contribution is 5.94. The summed E-state index contributed by atoms with van der Waals surface area (Å²) in [5.41, 5.74) is 5.85. The number of methoxy groups -OCH3 is 1. The minimum atomic E-state index is -0.495. The first kappa shape index (κ1) is 55.1. The van der Waals surface area contributed by atoms with Gasteiger partial charge < -0.3 is 37.9 Å². The first-order chi connectivity index (χ1) is 35.8. The molecule has 0 N–H and O–H groups in total. The topological polar surface area (TPSA) is 176 Å². The maximum Gasteiger partial charge on any atom is 0.343 e. The predicted molar refractivity (Wildman–Crippen MR) is 277 cm³/mol. The molecule has 6 rings (SSSR count). The van der Waals surface area contributed by atoms with Crippen molar-refractivity contribution in [3.05, 3.63) is 178 Å². The van der Waals surface area contributed by atoms with Crippen LogP contribution >= 0.6 is 0 Å². The van der Waals surface area contributed by atoms with Crippen LogP contribution in [0.3, 0.4) is 0 Å². The zero-order valence-corrected chi connectivity index (χ0v) is 42.5. The smallest absolute Gasteiger partial charge is 0.343 e. The Labute approximate surface area is 431 Å². The van der Waals surface area contributed by atoms with E-state index in [0.717, 1.165) is 28.0 Å². The third-order valence-electron chi connectivity index (χ3n) is 11.9. The molecule has 0 aromatic heterocycles. The van der Waals surface area contributed by atoms with Crippen LogP contribution in [0.4, 0.5) is 0 Å². The van der Waals surface area contributed by atoms with Gasteiger partial charge >= 0.3 is 29.8 Å². The fourth-order valence-corrected chi connectivity index (χ4v) is 7.55. The molecule has 0 fully saturated rings. The monoisotopic (exact) mass is 1010 g/mol. The molecule has 0 saturated heterocycles. The normalized spacial score (nSPS) is 11.1. The van der Waals surface area contributed by atoms with Crippen LogP contribution in [0.1, 0.15) is 135 Å². The molecular formula is C60H62O14. The highest BCUT2D eigenvalue weighted by Crippen LogP contribution is 2.32. The van der Waals surface area contributed by atoms with Crippen molar-refractivity contribution in [1.29, 1.82) is 0 Å². The second kappa shape index (κ2) is 28.1. The Kier molecular flexibility index (Phi) is 20.9. The van der Waals surface area contributed by atoms with Gasteiger partial charge in [0.25, 0.3) is 0 Å². The molecule has 1 unspecified atom stereocenters. The van der Waals surface area contributed by atoms with Crippen molar-refractivity contribution < 1.29 is 66.7 Å². The van der Waals surface area contributed by atoms with Crippen molar-refractivity contribution >= 4 is 35.6 Å². The van der Waals surface area contributed by atoms with Gasteiger partial charge in [0, 0.05) is 24.3 Å². The highest BCUT2D eigenvalue weighted by Gasteiger charge is 2.16. The van der Waals surface area contributed by atoms with Gasteiger partial charge in [0.15, 0.2) is 5.78 Å². The number of carbonyl (C=O) groups excluding carboxylic acids is 6. The number of esters is 5. The number of Topliss-reactive ketones (excluding diaryl/α,β-unsaturated/α-hetero) is 1. The zero-order chi connectivity index (χ0) is 52.8. The largest absolute Gasteiger partial charge is 0.496 e. The third kappa shape index (κ3) is 17.2. The van der Waals surface area contributed by atoms with Gasteiger partial charge in [-0.05, 0) is 191 Å². The van der Waals surface area contributed by atoms with Crippen LogP contribution < -0.4 is 18.9 Å². The average Bonchev–Trinajstić information content (AvgIpc) is 3.40. The molecular weight excluding hydrogens is 945 g/mol. The lowest BCUT2D eigenvalue weighted by Gasteiger charge is -2.16. The number of hydrogen-bond donors (Lipinski definition) is 0. The van der Waals surface area contributed by atoms with Gasteiger partial charge in [0.05, 0.1) is 50.2 Å². The Bertz CT molecular complexity index is 2830. The Balaban J connectivity index is 0.761. The first-order valence-corrected chi connectivity index (χ1v) is 24.7. The maximum absolute atomic E-state index is 13.0. The van der Waals surface area contributed by atoms with E-state index in [9.17, 15) is 28.8 Å². The molecule has 14 heteroatoms. The van der Waals surface area contributed by atoms with Crippen molar-refractivity contribution in [2.75, 3.05) is 33.5 Å². The van der Waals surface area contributed by atoms with E-state index >= 15 is 0 Å². The van der Waals surface area contributed by atoms with E-state index in [4.69, 9.17) is 37.9 Å². The number of aryl methyl sites for hydroxylation is 2. The van der Waals surface area contributed by atoms with Crippen molar-refractivity contribution in [3.63, 3.8) is 0 Å². The number of benzene rings is 6. The first-order valence-electron chi connectivity index (χ1n) is 24.7. The van der Waals surface area contributed by atoms with Gasteiger partial charge in [-0.15, -0.1) is 0 Å². The molecule has 74 heavy (non-hydrogen) atoms. The second-order valence-electron chi connectivity index (χ2n) is 17.6. The average molecular weight is 1010 g/mol. The standard InChI is InChI=1S/C60H62O14/c1-40-38-48(22-32-54(40)67-5)42(3)49-23-33-55(41(2)39-49)74-60(66)47-20-30-53(31-21-47)73-52-28-18-46(19-29-52)59(65)71-37-11-9-35-69-57(63)13-7-6-12-56(62)68-34-8-10-36-70-58(64)45-16-26-51(27-17-45)72-50-24-14-44(15-25-50)43(4)61/h14-33,38-39,42H,6-13,34-37H2,1-5H3. The highest BCUT2D eigenvalue weighted by atomic mass is 16.6. The predicted octanol–water partition coefficient (Wildman–Crippen LogP) is 12.7. The lowest BCUT2D eigenvalue weighted by Crippen LogP contribution is -2.10. The summed E-state index contributed by atoms with van der Waals surface area (Å²) in [6.45, 7) is 8.27. The van der Waals surface area contributed by atoms with Gasteiger partial charge in [0.2, 0.25) is 0 Å². The molecule has 0 aliphatic rings. The Morgan fingerprint density at radius 2 is 0.770 bits per heavy atom. The van der Waals surface area contributed by atoms with Gasteiger partial charge in [-0.1, -0.05) is 31.2 Å². The molecule has 0 saturated carbocycles. The quantitative estimate of drug-likeness (QED) is 0.0157. The van der Waals surface area contributed by atoms with Crippen LogP contribution in [-0.4, -0.2) is 69.2 Å². The van der Waals surface area contributed by atoms with Crippen molar-refractivity contribution in [2.45, 2.75) is 85.0 Å². The van der Waals surface area contributed by atoms with Crippen molar-refractivity contribution in [2.24, 2.45) is 0 Å². The molecule has 0 aliphatic heterocycles. The molecule has 0 radical (unpaired) electrons. The molecule has 6 aromatic rings. The van der Waals surface area contributed by atoms with Gasteiger partial charge in [0.1, 0.15) is 34.5 Å². The molecule has 0 amide bonds. The number of unbranched alkanes of at least 4 members (excludes halogenated alkanes) is 3. The fraction of sp³-hybridized carbons (Fsp3) is 0.300. The van der Waals surface area contributed by atoms with E-state index in [1.54, 1.807) is 104 Å². The van der Waals surface area contributed by atoms with Crippen LogP contribution in [0.2, 0.25) is 0 Å². The summed E-state index contributed by atoms with van der Waals surface area (Å²) < 4.78 is 44.1. The summed E-state index contributed by atoms with van der Waals surface area (Å²) in [5.74, 6) is 1.32. The Morgan fingerprint density at radius 1 is 0.419 bits per heavy atom. The van der Waals surface area contributed by atoms with E-state index in [0.29, 0.717) is 89.5 Å². The lowest BCUT2D eigenvalue weighted by atomic mass is 9.91. The lowest BCUT2D eigenvalue weighted by molar-refractivity contribution is -0.146. The molecule has 1 atom stereocenters. The van der Waals surface area contributed by atoms with Crippen LogP contribution in [0.15, 0.2) is 133 Å². The summed E-state index contributed by atoms with van der Waals surface area (Å²) >= 11 is 0.